The highest BCUT2D eigenvalue weighted by Crippen LogP contribution is 2.14. The molecule has 0 aliphatic heterocycles. The largest absolute Gasteiger partial charge is 0.497 e. The Balaban J connectivity index is 1.99. The number of carbonyl (C=O) groups excluding carboxylic acids is 1. The molecule has 0 radical (unpaired) electrons. The van der Waals surface area contributed by atoms with Crippen molar-refractivity contribution >= 4 is 5.78 Å². The minimum Gasteiger partial charge on any atom is -0.497 e. The van der Waals surface area contributed by atoms with Crippen molar-refractivity contribution in [2.24, 2.45) is 0 Å². The Morgan fingerprint density at radius 1 is 1.35 bits per heavy atom. The van der Waals surface area contributed by atoms with E-state index in [1.807, 2.05) is 35.0 Å². The summed E-state index contributed by atoms with van der Waals surface area (Å²) < 4.78 is 7.21. The zero-order valence-electron chi connectivity index (χ0n) is 12.0. The van der Waals surface area contributed by atoms with Gasteiger partial charge in [0.15, 0.2) is 0 Å². The molecule has 1 aromatic carbocycles. The lowest BCUT2D eigenvalue weighted by Crippen LogP contribution is -2.12. The van der Waals surface area contributed by atoms with Gasteiger partial charge in [0.25, 0.3) is 0 Å². The Hall–Kier alpha value is -2.10. The van der Waals surface area contributed by atoms with Crippen LogP contribution in [0.15, 0.2) is 36.7 Å². The molecular formula is C16H20N2O2. The van der Waals surface area contributed by atoms with E-state index in [1.54, 1.807) is 13.3 Å². The van der Waals surface area contributed by atoms with Crippen LogP contribution in [0.4, 0.5) is 0 Å². The second kappa shape index (κ2) is 6.89. The normalized spacial score (nSPS) is 10.5. The first-order chi connectivity index (χ1) is 9.72. The number of benzene rings is 1. The quantitative estimate of drug-likeness (QED) is 0.778. The highest BCUT2D eigenvalue weighted by atomic mass is 16.5. The van der Waals surface area contributed by atoms with Gasteiger partial charge in [0.2, 0.25) is 0 Å². The number of imidazole rings is 1. The molecule has 0 unspecified atom stereocenters. The van der Waals surface area contributed by atoms with E-state index in [0.717, 1.165) is 30.1 Å². The number of Topliss-reactive ketones (excluding diaryl/α,β-unsaturated/α-hetero) is 1. The standard InChI is InChI=1S/C16H20N2O2/c1-3-8-18-9-7-17-16(18)12-14(19)10-13-5-4-6-15(11-13)20-2/h4-7,9,11H,3,8,10,12H2,1-2H3. The van der Waals surface area contributed by atoms with E-state index in [1.165, 1.54) is 0 Å². The number of carbonyl (C=O) groups is 1. The number of hydrogen-bond donors (Lipinski definition) is 0. The zero-order chi connectivity index (χ0) is 14.4. The first kappa shape index (κ1) is 14.3. The highest BCUT2D eigenvalue weighted by Gasteiger charge is 2.10. The summed E-state index contributed by atoms with van der Waals surface area (Å²) in [4.78, 5) is 16.4. The van der Waals surface area contributed by atoms with Gasteiger partial charge in [-0.15, -0.1) is 0 Å². The van der Waals surface area contributed by atoms with Crippen LogP contribution in [0.2, 0.25) is 0 Å². The minimum atomic E-state index is 0.168. The molecule has 0 spiro atoms. The summed E-state index contributed by atoms with van der Waals surface area (Å²) in [7, 11) is 1.63. The van der Waals surface area contributed by atoms with E-state index in [2.05, 4.69) is 11.9 Å². The van der Waals surface area contributed by atoms with Gasteiger partial charge in [-0.3, -0.25) is 4.79 Å². The summed E-state index contributed by atoms with van der Waals surface area (Å²) >= 11 is 0. The molecule has 4 nitrogen and oxygen atoms in total. The molecule has 0 aliphatic carbocycles. The van der Waals surface area contributed by atoms with Crippen LogP contribution >= 0.6 is 0 Å². The number of aryl methyl sites for hydroxylation is 1. The van der Waals surface area contributed by atoms with E-state index >= 15 is 0 Å². The second-order valence-electron chi connectivity index (χ2n) is 4.78. The molecule has 20 heavy (non-hydrogen) atoms. The van der Waals surface area contributed by atoms with Gasteiger partial charge in [-0.2, -0.15) is 0 Å². The van der Waals surface area contributed by atoms with Crippen LogP contribution in [0.1, 0.15) is 24.7 Å². The molecule has 1 heterocycles. The third-order valence-electron chi connectivity index (χ3n) is 3.16. The first-order valence-electron chi connectivity index (χ1n) is 6.87. The highest BCUT2D eigenvalue weighted by molar-refractivity contribution is 5.82. The number of methoxy groups -OCH3 is 1. The number of rotatable bonds is 7. The smallest absolute Gasteiger partial charge is 0.144 e. The fourth-order valence-electron chi connectivity index (χ4n) is 2.20. The molecule has 4 heteroatoms. The van der Waals surface area contributed by atoms with Crippen molar-refractivity contribution in [3.8, 4) is 5.75 Å². The Kier molecular flexibility index (Phi) is 4.93. The van der Waals surface area contributed by atoms with E-state index in [4.69, 9.17) is 4.74 Å². The van der Waals surface area contributed by atoms with Crippen LogP contribution in [-0.2, 0) is 24.2 Å². The molecule has 1 aromatic heterocycles. The molecule has 0 amide bonds. The molecule has 2 aromatic rings. The first-order valence-corrected chi connectivity index (χ1v) is 6.87. The number of nitrogens with zero attached hydrogens (tertiary/aromatic N) is 2. The summed E-state index contributed by atoms with van der Waals surface area (Å²) in [6.45, 7) is 3.02. The van der Waals surface area contributed by atoms with Crippen LogP contribution in [0.5, 0.6) is 5.75 Å². The number of ether oxygens (including phenoxy) is 1. The fraction of sp³-hybridized carbons (Fsp3) is 0.375. The zero-order valence-corrected chi connectivity index (χ0v) is 12.0. The lowest BCUT2D eigenvalue weighted by Gasteiger charge is -2.06. The number of hydrogen-bond acceptors (Lipinski definition) is 3. The summed E-state index contributed by atoms with van der Waals surface area (Å²) in [6.07, 6.45) is 5.51. The molecule has 0 atom stereocenters. The maximum Gasteiger partial charge on any atom is 0.144 e. The summed E-state index contributed by atoms with van der Waals surface area (Å²) in [5, 5.41) is 0. The average molecular weight is 272 g/mol. The van der Waals surface area contributed by atoms with Crippen molar-refractivity contribution < 1.29 is 9.53 Å². The molecule has 106 valence electrons. The van der Waals surface area contributed by atoms with Crippen molar-refractivity contribution in [2.75, 3.05) is 7.11 Å². The summed E-state index contributed by atoms with van der Waals surface area (Å²) in [5.41, 5.74) is 0.975. The Morgan fingerprint density at radius 2 is 2.20 bits per heavy atom. The van der Waals surface area contributed by atoms with Crippen LogP contribution in [-0.4, -0.2) is 22.4 Å². The van der Waals surface area contributed by atoms with Crippen LogP contribution in [0, 0.1) is 0 Å². The minimum absolute atomic E-state index is 0.168. The van der Waals surface area contributed by atoms with Gasteiger partial charge in [-0.05, 0) is 24.1 Å². The van der Waals surface area contributed by atoms with Crippen LogP contribution in [0.3, 0.4) is 0 Å². The predicted molar refractivity (Wildman–Crippen MR) is 77.9 cm³/mol. The van der Waals surface area contributed by atoms with Gasteiger partial charge in [-0.25, -0.2) is 4.98 Å². The SMILES string of the molecule is CCCn1ccnc1CC(=O)Cc1cccc(OC)c1. The average Bonchev–Trinajstić information content (AvgIpc) is 2.86. The van der Waals surface area contributed by atoms with Gasteiger partial charge in [0, 0.05) is 25.4 Å². The molecule has 2 rings (SSSR count). The van der Waals surface area contributed by atoms with Crippen molar-refractivity contribution in [2.45, 2.75) is 32.7 Å². The third-order valence-corrected chi connectivity index (χ3v) is 3.16. The van der Waals surface area contributed by atoms with E-state index in [9.17, 15) is 4.79 Å². The maximum absolute atomic E-state index is 12.1. The Labute approximate surface area is 119 Å². The second-order valence-corrected chi connectivity index (χ2v) is 4.78. The van der Waals surface area contributed by atoms with Gasteiger partial charge >= 0.3 is 0 Å². The predicted octanol–water partition coefficient (Wildman–Crippen LogP) is 2.66. The Bertz CT molecular complexity index is 575. The summed E-state index contributed by atoms with van der Waals surface area (Å²) in [5.74, 6) is 1.80. The van der Waals surface area contributed by atoms with Gasteiger partial charge in [0.1, 0.15) is 17.4 Å². The topological polar surface area (TPSA) is 44.1 Å². The van der Waals surface area contributed by atoms with E-state index < -0.39 is 0 Å². The van der Waals surface area contributed by atoms with Crippen LogP contribution in [0.25, 0.3) is 0 Å². The molecular weight excluding hydrogens is 252 g/mol. The van der Waals surface area contributed by atoms with Crippen molar-refractivity contribution in [3.63, 3.8) is 0 Å². The fourth-order valence-corrected chi connectivity index (χ4v) is 2.20. The van der Waals surface area contributed by atoms with Crippen LogP contribution < -0.4 is 4.74 Å². The monoisotopic (exact) mass is 272 g/mol. The molecule has 0 fully saturated rings. The van der Waals surface area contributed by atoms with Gasteiger partial charge in [0.05, 0.1) is 13.5 Å². The lowest BCUT2D eigenvalue weighted by molar-refractivity contribution is -0.117. The van der Waals surface area contributed by atoms with Crippen molar-refractivity contribution in [1.82, 2.24) is 9.55 Å². The number of aromatic nitrogens is 2. The third kappa shape index (κ3) is 3.70. The molecule has 0 saturated carbocycles. The van der Waals surface area contributed by atoms with Crippen molar-refractivity contribution in [1.29, 1.82) is 0 Å². The van der Waals surface area contributed by atoms with E-state index in [0.29, 0.717) is 12.8 Å². The summed E-state index contributed by atoms with van der Waals surface area (Å²) in [6, 6.07) is 7.62. The maximum atomic E-state index is 12.1. The molecule has 0 bridgehead atoms. The molecule has 0 N–H and O–H groups in total. The number of ketones is 1. The van der Waals surface area contributed by atoms with E-state index in [-0.39, 0.29) is 5.78 Å². The van der Waals surface area contributed by atoms with Gasteiger partial charge in [-0.1, -0.05) is 19.1 Å². The molecule has 0 aliphatic rings. The van der Waals surface area contributed by atoms with Crippen molar-refractivity contribution in [3.05, 3.63) is 48.0 Å². The van der Waals surface area contributed by atoms with Gasteiger partial charge < -0.3 is 9.30 Å². The lowest BCUT2D eigenvalue weighted by atomic mass is 10.1. The Morgan fingerprint density at radius 3 is 2.95 bits per heavy atom. The molecule has 0 saturated heterocycles.